The van der Waals surface area contributed by atoms with E-state index in [1.54, 1.807) is 18.8 Å². The van der Waals surface area contributed by atoms with Crippen molar-refractivity contribution in [3.05, 3.63) is 36.0 Å². The van der Waals surface area contributed by atoms with Gasteiger partial charge in [-0.05, 0) is 76.9 Å². The van der Waals surface area contributed by atoms with Gasteiger partial charge < -0.3 is 35.3 Å². The van der Waals surface area contributed by atoms with Gasteiger partial charge in [0.05, 0.1) is 35.2 Å². The first-order valence-corrected chi connectivity index (χ1v) is 22.7. The molecule has 5 atom stereocenters. The zero-order valence-electron chi connectivity index (χ0n) is 33.4. The summed E-state index contributed by atoms with van der Waals surface area (Å²) in [6, 6.07) is 9.86. The molecule has 3 fully saturated rings. The topological polar surface area (TPSA) is 155 Å². The van der Waals surface area contributed by atoms with E-state index in [1.807, 2.05) is 51.2 Å². The summed E-state index contributed by atoms with van der Waals surface area (Å²) in [5.41, 5.74) is 0.347. The van der Waals surface area contributed by atoms with E-state index in [9.17, 15) is 19.2 Å². The van der Waals surface area contributed by atoms with Gasteiger partial charge in [0.1, 0.15) is 13.2 Å². The monoisotopic (exact) mass is 791 g/mol. The van der Waals surface area contributed by atoms with E-state index in [1.165, 1.54) is 0 Å². The molecule has 0 aliphatic carbocycles. The van der Waals surface area contributed by atoms with Crippen LogP contribution in [0, 0.1) is 5.41 Å². The highest BCUT2D eigenvalue weighted by atomic mass is 32.3. The molecular formula is C38H61N7O7S2. The number of carbonyl (C=O) groups is 4. The van der Waals surface area contributed by atoms with Crippen LogP contribution in [0.2, 0.25) is 0 Å². The number of benzene rings is 1. The number of aryl methyl sites for hydroxylation is 1. The van der Waals surface area contributed by atoms with Crippen molar-refractivity contribution in [2.75, 3.05) is 70.7 Å². The number of rotatable bonds is 17. The molecule has 2 unspecified atom stereocenters. The molecule has 3 aliphatic rings. The summed E-state index contributed by atoms with van der Waals surface area (Å²) in [4.78, 5) is 58.8. The Morgan fingerprint density at radius 3 is 2.61 bits per heavy atom. The van der Waals surface area contributed by atoms with E-state index in [0.717, 1.165) is 39.6 Å². The van der Waals surface area contributed by atoms with Crippen LogP contribution >= 0.6 is 21.8 Å². The van der Waals surface area contributed by atoms with Crippen LogP contribution in [0.25, 0.3) is 10.9 Å². The number of urea groups is 1. The van der Waals surface area contributed by atoms with Crippen molar-refractivity contribution in [1.29, 1.82) is 0 Å². The van der Waals surface area contributed by atoms with E-state index < -0.39 is 27.3 Å². The average molecular weight is 792 g/mol. The van der Waals surface area contributed by atoms with Crippen molar-refractivity contribution >= 4 is 56.6 Å². The van der Waals surface area contributed by atoms with Crippen molar-refractivity contribution in [2.24, 2.45) is 5.41 Å². The third-order valence-corrected chi connectivity index (χ3v) is 13.8. The van der Waals surface area contributed by atoms with E-state index in [0.29, 0.717) is 39.3 Å². The number of thioether (sulfide) groups is 1. The highest BCUT2D eigenvalue weighted by molar-refractivity contribution is 8.32. The van der Waals surface area contributed by atoms with Crippen molar-refractivity contribution in [3.8, 4) is 0 Å². The van der Waals surface area contributed by atoms with Crippen LogP contribution in [-0.2, 0) is 37.1 Å². The molecule has 0 spiro atoms. The van der Waals surface area contributed by atoms with Crippen molar-refractivity contribution in [1.82, 2.24) is 35.8 Å². The molecule has 16 heteroatoms. The quantitative estimate of drug-likeness (QED) is 0.138. The Balaban J connectivity index is 1.06. The SMILES string of the molecule is CN(OCc1cc2ccccc2n1CCC(=O)NCCC1(C)CC(C)(CNC(=O)C(C)(C)N(C)[C@@H]2SC[C@@H]3NC(=O)N[C@@H]32)CO1)C(=O)OCCS(C)(C)C. The minimum absolute atomic E-state index is 0.00872. The zero-order chi connectivity index (χ0) is 39.5. The van der Waals surface area contributed by atoms with Crippen LogP contribution in [0.1, 0.15) is 52.7 Å². The van der Waals surface area contributed by atoms with Crippen LogP contribution in [0.4, 0.5) is 9.59 Å². The highest BCUT2D eigenvalue weighted by Crippen LogP contribution is 2.41. The van der Waals surface area contributed by atoms with Crippen LogP contribution in [0.3, 0.4) is 0 Å². The maximum atomic E-state index is 13.5. The van der Waals surface area contributed by atoms with E-state index in [4.69, 9.17) is 14.3 Å². The number of aromatic nitrogens is 1. The maximum absolute atomic E-state index is 13.5. The first-order valence-electron chi connectivity index (χ1n) is 18.7. The minimum Gasteiger partial charge on any atom is -0.447 e. The lowest BCUT2D eigenvalue weighted by Gasteiger charge is -2.40. The smallest absolute Gasteiger partial charge is 0.433 e. The third kappa shape index (κ3) is 10.4. The van der Waals surface area contributed by atoms with Crippen molar-refractivity contribution in [3.63, 3.8) is 0 Å². The first kappa shape index (κ1) is 42.0. The maximum Gasteiger partial charge on any atom is 0.433 e. The van der Waals surface area contributed by atoms with Gasteiger partial charge in [-0.15, -0.1) is 11.8 Å². The number of fused-ring (bicyclic) bond motifs is 2. The number of hydroxylamine groups is 2. The van der Waals surface area contributed by atoms with Gasteiger partial charge in [-0.1, -0.05) is 25.1 Å². The minimum atomic E-state index is -0.791. The van der Waals surface area contributed by atoms with Gasteiger partial charge in [0.25, 0.3) is 0 Å². The second kappa shape index (κ2) is 16.9. The Morgan fingerprint density at radius 2 is 1.87 bits per heavy atom. The highest BCUT2D eigenvalue weighted by Gasteiger charge is 2.50. The average Bonchev–Trinajstić information content (AvgIpc) is 3.85. The van der Waals surface area contributed by atoms with Crippen LogP contribution in [-0.4, -0.2) is 138 Å². The van der Waals surface area contributed by atoms with Gasteiger partial charge in [0, 0.05) is 61.2 Å². The molecule has 14 nitrogen and oxygen atoms in total. The van der Waals surface area contributed by atoms with Gasteiger partial charge in [0.2, 0.25) is 11.8 Å². The van der Waals surface area contributed by atoms with E-state index in [-0.39, 0.29) is 53.7 Å². The van der Waals surface area contributed by atoms with Crippen LogP contribution < -0.4 is 21.3 Å². The summed E-state index contributed by atoms with van der Waals surface area (Å²) >= 11 is 1.75. The first-order chi connectivity index (χ1) is 25.3. The Bertz CT molecular complexity index is 1680. The van der Waals surface area contributed by atoms with Gasteiger partial charge in [-0.2, -0.15) is 5.06 Å². The van der Waals surface area contributed by atoms with Crippen LogP contribution in [0.5, 0.6) is 0 Å². The molecule has 3 saturated heterocycles. The molecule has 5 rings (SSSR count). The van der Waals surface area contributed by atoms with E-state index in [2.05, 4.69) is 63.3 Å². The third-order valence-electron chi connectivity index (χ3n) is 10.9. The zero-order valence-corrected chi connectivity index (χ0v) is 35.0. The van der Waals surface area contributed by atoms with Gasteiger partial charge in [-0.25, -0.2) is 19.6 Å². The molecule has 0 saturated carbocycles. The lowest BCUT2D eigenvalue weighted by Crippen LogP contribution is -2.60. The fraction of sp³-hybridized carbons (Fsp3) is 0.684. The van der Waals surface area contributed by atoms with Crippen molar-refractivity contribution < 1.29 is 33.5 Å². The molecule has 4 N–H and O–H groups in total. The normalized spacial score (nSPS) is 25.7. The fourth-order valence-electron chi connectivity index (χ4n) is 7.35. The Kier molecular flexibility index (Phi) is 13.1. The molecule has 3 aliphatic heterocycles. The number of likely N-dealkylation sites (N-methyl/N-ethyl adjacent to an activating group) is 1. The predicted molar refractivity (Wildman–Crippen MR) is 216 cm³/mol. The number of amides is 5. The summed E-state index contributed by atoms with van der Waals surface area (Å²) < 4.78 is 13.8. The summed E-state index contributed by atoms with van der Waals surface area (Å²) in [6.45, 7) is 10.4. The van der Waals surface area contributed by atoms with Gasteiger partial charge >= 0.3 is 12.1 Å². The fourth-order valence-corrected chi connectivity index (χ4v) is 9.58. The lowest BCUT2D eigenvalue weighted by molar-refractivity contribution is -0.132. The standard InChI is InChI=1S/C38H61N7O7S2/c1-36(2,43(5)32-31-28(22-53-32)41-34(48)42-31)33(47)40-24-37(3)23-38(4,51-25-37)15-16-39-30(46)14-17-45-27(20-26-12-10-11-13-29(26)45)21-52-44(6)35(49)50-18-19-54(7,8)9/h10-13,20,28,31-32H,14-19,21-25H2,1-9H3,(H,39,46)(H,40,47)(H2,41,42,48)/t28-,31-,32+,37?,38?/m0/s1. The van der Waals surface area contributed by atoms with Crippen LogP contribution in [0.15, 0.2) is 30.3 Å². The molecule has 5 amide bonds. The number of nitrogens with zero attached hydrogens (tertiary/aromatic N) is 3. The van der Waals surface area contributed by atoms with E-state index >= 15 is 0 Å². The second-order valence-corrected chi connectivity index (χ2v) is 22.7. The second-order valence-electron chi connectivity index (χ2n) is 16.9. The molecule has 2 aromatic rings. The Morgan fingerprint density at radius 1 is 1.13 bits per heavy atom. The summed E-state index contributed by atoms with van der Waals surface area (Å²) in [7, 11) is 2.72. The molecular weight excluding hydrogens is 731 g/mol. The van der Waals surface area contributed by atoms with Gasteiger partial charge in [-0.3, -0.25) is 19.3 Å². The molecule has 0 bridgehead atoms. The Hall–Kier alpha value is -3.18. The molecule has 302 valence electrons. The molecule has 1 aromatic carbocycles. The Labute approximate surface area is 325 Å². The van der Waals surface area contributed by atoms with Crippen molar-refractivity contribution in [2.45, 2.75) is 88.7 Å². The molecule has 4 heterocycles. The number of hydrogen-bond donors (Lipinski definition) is 4. The molecule has 0 radical (unpaired) electrons. The number of hydrogen-bond acceptors (Lipinski definition) is 9. The summed E-state index contributed by atoms with van der Waals surface area (Å²) in [5.74, 6) is 1.50. The van der Waals surface area contributed by atoms with Gasteiger partial charge in [0.15, 0.2) is 0 Å². The lowest BCUT2D eigenvalue weighted by atomic mass is 9.81. The number of nitrogens with one attached hydrogen (secondary N) is 4. The predicted octanol–water partition coefficient (Wildman–Crippen LogP) is 3.87. The summed E-state index contributed by atoms with van der Waals surface area (Å²) in [5, 5.41) is 14.4. The largest absolute Gasteiger partial charge is 0.447 e. The number of carbonyl (C=O) groups excluding carboxylic acids is 4. The number of ether oxygens (including phenoxy) is 2. The summed E-state index contributed by atoms with van der Waals surface area (Å²) in [6.07, 6.45) is 7.65. The molecule has 54 heavy (non-hydrogen) atoms. The number of para-hydroxylation sites is 1. The molecule has 1 aromatic heterocycles.